The summed E-state index contributed by atoms with van der Waals surface area (Å²) in [5.74, 6) is 0. The van der Waals surface area contributed by atoms with Crippen LogP contribution in [0.2, 0.25) is 18.6 Å². The molecule has 33 heavy (non-hydrogen) atoms. The van der Waals surface area contributed by atoms with Crippen LogP contribution in [-0.2, 0) is 16.1 Å². The lowest BCUT2D eigenvalue weighted by molar-refractivity contribution is -0.112. The molecule has 1 N–H and O–H groups in total. The first kappa shape index (κ1) is 25.4. The number of allylic oxidation sites excluding steroid dienone is 3. The third-order valence-electron chi connectivity index (χ3n) is 6.69. The molecule has 176 valence electrons. The van der Waals surface area contributed by atoms with E-state index in [1.807, 2.05) is 31.2 Å². The molecule has 0 radical (unpaired) electrons. The number of benzene rings is 2. The fraction of sp³-hybridized carbons (Fsp3) is 0.379. The standard InChI is InChI=1S/C29H38O3Si/c1-5-23(2)19-25-20-27(33(3,4)26-15-10-7-11-16-26)17-12-18-28(29(21-30)32-25)31-22-24-13-8-6-9-14-24/h5-17,19,25,27-30H,1,18,20-22H2,2-4H3/b17-12-,23-19+/t25-,27+,28-,29+/m0/s1. The molecule has 4 heteroatoms. The van der Waals surface area contributed by atoms with Gasteiger partial charge in [0.1, 0.15) is 6.10 Å². The van der Waals surface area contributed by atoms with E-state index < -0.39 is 14.2 Å². The minimum Gasteiger partial charge on any atom is -0.394 e. The van der Waals surface area contributed by atoms with Crippen LogP contribution in [-0.4, -0.2) is 38.1 Å². The minimum absolute atomic E-state index is 0.0745. The van der Waals surface area contributed by atoms with Crippen molar-refractivity contribution in [3.8, 4) is 0 Å². The van der Waals surface area contributed by atoms with Crippen LogP contribution in [0.25, 0.3) is 0 Å². The lowest BCUT2D eigenvalue weighted by Gasteiger charge is -2.34. The summed E-state index contributed by atoms with van der Waals surface area (Å²) in [4.78, 5) is 0. The highest BCUT2D eigenvalue weighted by Crippen LogP contribution is 2.33. The van der Waals surface area contributed by atoms with Crippen molar-refractivity contribution in [3.05, 3.63) is 103 Å². The highest BCUT2D eigenvalue weighted by atomic mass is 28.3. The average Bonchev–Trinajstić information content (AvgIpc) is 2.93. The van der Waals surface area contributed by atoms with Gasteiger partial charge in [0.15, 0.2) is 0 Å². The number of hydrogen-bond acceptors (Lipinski definition) is 3. The van der Waals surface area contributed by atoms with Gasteiger partial charge in [-0.1, -0.05) is 115 Å². The summed E-state index contributed by atoms with van der Waals surface area (Å²) in [6.07, 6.45) is 9.49. The van der Waals surface area contributed by atoms with Crippen LogP contribution in [0.5, 0.6) is 0 Å². The van der Waals surface area contributed by atoms with Crippen molar-refractivity contribution in [3.63, 3.8) is 0 Å². The topological polar surface area (TPSA) is 38.7 Å². The van der Waals surface area contributed by atoms with Gasteiger partial charge in [0, 0.05) is 0 Å². The quantitative estimate of drug-likeness (QED) is 0.307. The van der Waals surface area contributed by atoms with Crippen LogP contribution in [0.4, 0.5) is 0 Å². The molecule has 0 bridgehead atoms. The van der Waals surface area contributed by atoms with Crippen molar-refractivity contribution in [1.82, 2.24) is 0 Å². The Morgan fingerprint density at radius 2 is 1.79 bits per heavy atom. The SMILES string of the molecule is C=C/C(C)=C/[C@H]1C[C@H]([Si](C)(C)c2ccccc2)/C=C\C[C@H](OCc2ccccc2)[C@@H](CO)O1. The number of aliphatic hydroxyl groups is 1. The maximum absolute atomic E-state index is 10.2. The zero-order valence-electron chi connectivity index (χ0n) is 20.2. The first-order valence-corrected chi connectivity index (χ1v) is 15.0. The Kier molecular flexibility index (Phi) is 9.45. The van der Waals surface area contributed by atoms with Crippen molar-refractivity contribution in [2.24, 2.45) is 0 Å². The summed E-state index contributed by atoms with van der Waals surface area (Å²) in [5.41, 5.74) is 2.60. The predicted molar refractivity (Wildman–Crippen MR) is 140 cm³/mol. The molecular weight excluding hydrogens is 424 g/mol. The highest BCUT2D eigenvalue weighted by molar-refractivity contribution is 6.91. The molecular formula is C29H38O3Si. The van der Waals surface area contributed by atoms with Crippen LogP contribution in [0.3, 0.4) is 0 Å². The Bertz CT molecular complexity index is 920. The third-order valence-corrected chi connectivity index (χ3v) is 10.8. The Labute approximate surface area is 200 Å². The van der Waals surface area contributed by atoms with Gasteiger partial charge < -0.3 is 14.6 Å². The Balaban J connectivity index is 1.88. The van der Waals surface area contributed by atoms with E-state index in [1.165, 1.54) is 5.19 Å². The van der Waals surface area contributed by atoms with Crippen molar-refractivity contribution in [1.29, 1.82) is 0 Å². The third kappa shape index (κ3) is 7.12. The molecule has 0 fully saturated rings. The lowest BCUT2D eigenvalue weighted by atomic mass is 10.1. The summed E-state index contributed by atoms with van der Waals surface area (Å²) in [7, 11) is -1.81. The van der Waals surface area contributed by atoms with Crippen molar-refractivity contribution in [2.75, 3.05) is 6.61 Å². The minimum atomic E-state index is -1.81. The zero-order chi connectivity index (χ0) is 23.7. The monoisotopic (exact) mass is 462 g/mol. The number of ether oxygens (including phenoxy) is 2. The first-order chi connectivity index (χ1) is 15.9. The maximum Gasteiger partial charge on any atom is 0.108 e. The van der Waals surface area contributed by atoms with Crippen LogP contribution in [0.1, 0.15) is 25.3 Å². The molecule has 1 aliphatic rings. The van der Waals surface area contributed by atoms with Crippen LogP contribution < -0.4 is 5.19 Å². The van der Waals surface area contributed by atoms with Gasteiger partial charge >= 0.3 is 0 Å². The fourth-order valence-electron chi connectivity index (χ4n) is 4.42. The van der Waals surface area contributed by atoms with Crippen LogP contribution in [0.15, 0.2) is 97.1 Å². The van der Waals surface area contributed by atoms with Gasteiger partial charge in [-0.15, -0.1) is 0 Å². The summed E-state index contributed by atoms with van der Waals surface area (Å²) >= 11 is 0. The molecule has 3 rings (SSSR count). The molecule has 1 aliphatic heterocycles. The Hall–Kier alpha value is -2.24. The zero-order valence-corrected chi connectivity index (χ0v) is 21.2. The van der Waals surface area contributed by atoms with Crippen LogP contribution >= 0.6 is 0 Å². The molecule has 1 heterocycles. The van der Waals surface area contributed by atoms with Gasteiger partial charge in [-0.05, 0) is 30.9 Å². The fourth-order valence-corrected chi connectivity index (χ4v) is 7.34. The van der Waals surface area contributed by atoms with Gasteiger partial charge in [-0.2, -0.15) is 0 Å². The Morgan fingerprint density at radius 3 is 2.42 bits per heavy atom. The lowest BCUT2D eigenvalue weighted by Crippen LogP contribution is -2.46. The highest BCUT2D eigenvalue weighted by Gasteiger charge is 2.36. The molecule has 4 atom stereocenters. The summed E-state index contributed by atoms with van der Waals surface area (Å²) < 4.78 is 12.8. The molecule has 0 unspecified atom stereocenters. The number of aliphatic hydroxyl groups excluding tert-OH is 1. The van der Waals surface area contributed by atoms with Gasteiger partial charge in [0.25, 0.3) is 0 Å². The molecule has 2 aromatic carbocycles. The number of hydrogen-bond donors (Lipinski definition) is 1. The van der Waals surface area contributed by atoms with Gasteiger partial charge in [-0.25, -0.2) is 0 Å². The van der Waals surface area contributed by atoms with E-state index >= 15 is 0 Å². The molecule has 0 saturated carbocycles. The van der Waals surface area contributed by atoms with Crippen LogP contribution in [0, 0.1) is 0 Å². The average molecular weight is 463 g/mol. The van der Waals surface area contributed by atoms with Gasteiger partial charge in [0.05, 0.1) is 33.5 Å². The normalized spacial score (nSPS) is 25.5. The molecule has 0 aliphatic carbocycles. The second kappa shape index (κ2) is 12.3. The van der Waals surface area contributed by atoms with Crippen molar-refractivity contribution < 1.29 is 14.6 Å². The molecule has 0 spiro atoms. The van der Waals surface area contributed by atoms with Crippen molar-refractivity contribution >= 4 is 13.3 Å². The molecule has 0 aromatic heterocycles. The number of rotatable bonds is 8. The summed E-state index contributed by atoms with van der Waals surface area (Å²) in [6.45, 7) is 11.3. The van der Waals surface area contributed by atoms with E-state index in [0.29, 0.717) is 18.6 Å². The smallest absolute Gasteiger partial charge is 0.108 e. The van der Waals surface area contributed by atoms with E-state index in [9.17, 15) is 5.11 Å². The summed E-state index contributed by atoms with van der Waals surface area (Å²) in [6, 6.07) is 21.0. The maximum atomic E-state index is 10.2. The molecule has 0 saturated heterocycles. The second-order valence-electron chi connectivity index (χ2n) is 9.44. The second-order valence-corrected chi connectivity index (χ2v) is 14.2. The van der Waals surface area contributed by atoms with Gasteiger partial charge in [0.2, 0.25) is 0 Å². The van der Waals surface area contributed by atoms with Gasteiger partial charge in [-0.3, -0.25) is 0 Å². The summed E-state index contributed by atoms with van der Waals surface area (Å²) in [5, 5.41) is 11.7. The molecule has 3 nitrogen and oxygen atoms in total. The Morgan fingerprint density at radius 1 is 1.12 bits per heavy atom. The van der Waals surface area contributed by atoms with E-state index in [4.69, 9.17) is 9.47 Å². The van der Waals surface area contributed by atoms with E-state index in [-0.39, 0.29) is 18.8 Å². The predicted octanol–water partition coefficient (Wildman–Crippen LogP) is 5.79. The first-order valence-electron chi connectivity index (χ1n) is 11.9. The van der Waals surface area contributed by atoms with E-state index in [0.717, 1.165) is 17.6 Å². The molecule has 0 amide bonds. The van der Waals surface area contributed by atoms with Crippen molar-refractivity contribution in [2.45, 2.75) is 63.3 Å². The van der Waals surface area contributed by atoms with E-state index in [1.54, 1.807) is 0 Å². The molecule has 2 aromatic rings. The van der Waals surface area contributed by atoms with E-state index in [2.05, 4.69) is 80.4 Å². The largest absolute Gasteiger partial charge is 0.394 e.